The molecule has 2 rings (SSSR count). The Morgan fingerprint density at radius 2 is 1.80 bits per heavy atom. The highest BCUT2D eigenvalue weighted by atomic mass is 19.1. The number of hydrogen-bond donors (Lipinski definition) is 2. The molecule has 3 N–H and O–H groups in total. The fraction of sp³-hybridized carbons (Fsp3) is 0.133. The molecular weight excluding hydrogens is 262 g/mol. The summed E-state index contributed by atoms with van der Waals surface area (Å²) in [5.74, 6) is -2.42. The quantitative estimate of drug-likeness (QED) is 0.826. The molecule has 1 amide bonds. The minimum atomic E-state index is -0.923. The fourth-order valence-corrected chi connectivity index (χ4v) is 1.79. The number of rotatable bonds is 2. The molecule has 104 valence electrons. The van der Waals surface area contributed by atoms with Gasteiger partial charge in [-0.2, -0.15) is 0 Å². The van der Waals surface area contributed by atoms with Gasteiger partial charge in [-0.15, -0.1) is 0 Å². The van der Waals surface area contributed by atoms with Crippen LogP contribution in [0.2, 0.25) is 0 Å². The first kappa shape index (κ1) is 14.0. The zero-order valence-electron chi connectivity index (χ0n) is 11.1. The lowest BCUT2D eigenvalue weighted by Crippen LogP contribution is -2.15. The summed E-state index contributed by atoms with van der Waals surface area (Å²) < 4.78 is 26.9. The summed E-state index contributed by atoms with van der Waals surface area (Å²) in [5, 5.41) is 2.52. The van der Waals surface area contributed by atoms with E-state index in [1.807, 2.05) is 19.9 Å². The van der Waals surface area contributed by atoms with Crippen LogP contribution in [0.25, 0.3) is 0 Å². The number of benzene rings is 2. The summed E-state index contributed by atoms with van der Waals surface area (Å²) in [4.78, 5) is 12.0. The van der Waals surface area contributed by atoms with Gasteiger partial charge in [0, 0.05) is 5.69 Å². The maximum Gasteiger partial charge on any atom is 0.258 e. The first-order valence-electron chi connectivity index (χ1n) is 6.01. The second-order valence-electron chi connectivity index (χ2n) is 4.61. The van der Waals surface area contributed by atoms with E-state index in [0.717, 1.165) is 23.3 Å². The third kappa shape index (κ3) is 2.77. The smallest absolute Gasteiger partial charge is 0.258 e. The topological polar surface area (TPSA) is 55.1 Å². The zero-order chi connectivity index (χ0) is 14.9. The summed E-state index contributed by atoms with van der Waals surface area (Å²) in [6.45, 7) is 3.83. The zero-order valence-corrected chi connectivity index (χ0v) is 11.1. The van der Waals surface area contributed by atoms with E-state index in [1.165, 1.54) is 0 Å². The van der Waals surface area contributed by atoms with E-state index in [0.29, 0.717) is 5.69 Å². The van der Waals surface area contributed by atoms with Gasteiger partial charge in [-0.05, 0) is 49.2 Å². The standard InChI is InChI=1S/C15H14F2N2O/c1-8-3-4-11(5-9(8)2)19-15(20)12-6-10(16)7-13(18)14(12)17/h3-7H,18H2,1-2H3,(H,19,20). The molecule has 0 radical (unpaired) electrons. The van der Waals surface area contributed by atoms with Crippen molar-refractivity contribution in [2.75, 3.05) is 11.1 Å². The van der Waals surface area contributed by atoms with Gasteiger partial charge in [-0.3, -0.25) is 4.79 Å². The normalized spacial score (nSPS) is 10.4. The molecule has 3 nitrogen and oxygen atoms in total. The van der Waals surface area contributed by atoms with Gasteiger partial charge in [0.25, 0.3) is 5.91 Å². The number of aryl methyl sites for hydroxylation is 2. The summed E-state index contributed by atoms with van der Waals surface area (Å²) in [5.41, 5.74) is 7.07. The molecule has 0 fully saturated rings. The predicted octanol–water partition coefficient (Wildman–Crippen LogP) is 3.42. The molecule has 20 heavy (non-hydrogen) atoms. The van der Waals surface area contributed by atoms with E-state index in [1.54, 1.807) is 12.1 Å². The van der Waals surface area contributed by atoms with Crippen molar-refractivity contribution in [3.8, 4) is 0 Å². The molecule has 0 aliphatic carbocycles. The van der Waals surface area contributed by atoms with Crippen molar-refractivity contribution in [3.63, 3.8) is 0 Å². The Hall–Kier alpha value is -2.43. The van der Waals surface area contributed by atoms with Crippen molar-refractivity contribution in [2.45, 2.75) is 13.8 Å². The van der Waals surface area contributed by atoms with Crippen LogP contribution >= 0.6 is 0 Å². The Balaban J connectivity index is 2.30. The van der Waals surface area contributed by atoms with Crippen LogP contribution in [0.5, 0.6) is 0 Å². The van der Waals surface area contributed by atoms with Crippen molar-refractivity contribution in [1.82, 2.24) is 0 Å². The summed E-state index contributed by atoms with van der Waals surface area (Å²) in [6, 6.07) is 6.94. The van der Waals surface area contributed by atoms with Crippen LogP contribution < -0.4 is 11.1 Å². The van der Waals surface area contributed by atoms with Crippen molar-refractivity contribution in [1.29, 1.82) is 0 Å². The van der Waals surface area contributed by atoms with Crippen molar-refractivity contribution >= 4 is 17.3 Å². The van der Waals surface area contributed by atoms with E-state index in [4.69, 9.17) is 5.73 Å². The van der Waals surface area contributed by atoms with Crippen molar-refractivity contribution < 1.29 is 13.6 Å². The summed E-state index contributed by atoms with van der Waals surface area (Å²) in [7, 11) is 0. The lowest BCUT2D eigenvalue weighted by atomic mass is 10.1. The molecule has 0 aliphatic heterocycles. The highest BCUT2D eigenvalue weighted by Gasteiger charge is 2.16. The number of carbonyl (C=O) groups excluding carboxylic acids is 1. The van der Waals surface area contributed by atoms with Gasteiger partial charge < -0.3 is 11.1 Å². The molecule has 0 spiro atoms. The van der Waals surface area contributed by atoms with E-state index in [2.05, 4.69) is 5.32 Å². The Morgan fingerprint density at radius 1 is 1.10 bits per heavy atom. The molecule has 0 aromatic heterocycles. The van der Waals surface area contributed by atoms with Crippen molar-refractivity contribution in [3.05, 3.63) is 58.7 Å². The minimum Gasteiger partial charge on any atom is -0.396 e. The predicted molar refractivity (Wildman–Crippen MR) is 74.6 cm³/mol. The largest absolute Gasteiger partial charge is 0.396 e. The van der Waals surface area contributed by atoms with Crippen LogP contribution in [-0.4, -0.2) is 5.91 Å². The van der Waals surface area contributed by atoms with Gasteiger partial charge in [0.2, 0.25) is 0 Å². The monoisotopic (exact) mass is 276 g/mol. The Labute approximate surface area is 115 Å². The van der Waals surface area contributed by atoms with Gasteiger partial charge >= 0.3 is 0 Å². The first-order chi connectivity index (χ1) is 9.38. The van der Waals surface area contributed by atoms with Crippen molar-refractivity contribution in [2.24, 2.45) is 0 Å². The molecule has 0 saturated carbocycles. The Morgan fingerprint density at radius 3 is 2.45 bits per heavy atom. The SMILES string of the molecule is Cc1ccc(NC(=O)c2cc(F)cc(N)c2F)cc1C. The van der Waals surface area contributed by atoms with E-state index >= 15 is 0 Å². The molecule has 0 atom stereocenters. The van der Waals surface area contributed by atoms with Gasteiger partial charge in [0.05, 0.1) is 11.3 Å². The molecule has 0 unspecified atom stereocenters. The summed E-state index contributed by atoms with van der Waals surface area (Å²) >= 11 is 0. The van der Waals surface area contributed by atoms with Crippen LogP contribution in [-0.2, 0) is 0 Å². The number of carbonyl (C=O) groups is 1. The van der Waals surface area contributed by atoms with Gasteiger partial charge in [-0.1, -0.05) is 6.07 Å². The van der Waals surface area contributed by atoms with Crippen LogP contribution in [0.4, 0.5) is 20.2 Å². The number of hydrogen-bond acceptors (Lipinski definition) is 2. The minimum absolute atomic E-state index is 0.393. The van der Waals surface area contributed by atoms with E-state index in [-0.39, 0.29) is 0 Å². The number of nitrogen functional groups attached to an aromatic ring is 1. The molecule has 0 heterocycles. The average Bonchev–Trinajstić information content (AvgIpc) is 2.38. The van der Waals surface area contributed by atoms with Gasteiger partial charge in [0.1, 0.15) is 5.82 Å². The van der Waals surface area contributed by atoms with Crippen LogP contribution in [0.3, 0.4) is 0 Å². The molecular formula is C15H14F2N2O. The molecule has 0 saturated heterocycles. The molecule has 5 heteroatoms. The fourth-order valence-electron chi connectivity index (χ4n) is 1.79. The lowest BCUT2D eigenvalue weighted by Gasteiger charge is -2.09. The van der Waals surface area contributed by atoms with Crippen LogP contribution in [0.15, 0.2) is 30.3 Å². The highest BCUT2D eigenvalue weighted by molar-refractivity contribution is 6.05. The van der Waals surface area contributed by atoms with E-state index < -0.39 is 28.8 Å². The third-order valence-electron chi connectivity index (χ3n) is 3.07. The number of nitrogens with one attached hydrogen (secondary N) is 1. The average molecular weight is 276 g/mol. The molecule has 2 aromatic carbocycles. The molecule has 0 aliphatic rings. The van der Waals surface area contributed by atoms with E-state index in [9.17, 15) is 13.6 Å². The second-order valence-corrected chi connectivity index (χ2v) is 4.61. The lowest BCUT2D eigenvalue weighted by molar-refractivity contribution is 0.102. The van der Waals surface area contributed by atoms with Gasteiger partial charge in [-0.25, -0.2) is 8.78 Å². The number of amides is 1. The second kappa shape index (κ2) is 5.28. The highest BCUT2D eigenvalue weighted by Crippen LogP contribution is 2.20. The maximum atomic E-state index is 13.7. The summed E-state index contributed by atoms with van der Waals surface area (Å²) in [6.07, 6.45) is 0. The molecule has 2 aromatic rings. The number of halogens is 2. The number of nitrogens with two attached hydrogens (primary N) is 1. The number of anilines is 2. The Kier molecular flexibility index (Phi) is 3.70. The van der Waals surface area contributed by atoms with Gasteiger partial charge in [0.15, 0.2) is 5.82 Å². The maximum absolute atomic E-state index is 13.7. The van der Waals surface area contributed by atoms with Crippen LogP contribution in [0, 0.1) is 25.5 Å². The van der Waals surface area contributed by atoms with Crippen LogP contribution in [0.1, 0.15) is 21.5 Å². The first-order valence-corrected chi connectivity index (χ1v) is 6.01. The Bertz CT molecular complexity index is 684. The molecule has 0 bridgehead atoms. The third-order valence-corrected chi connectivity index (χ3v) is 3.07.